The van der Waals surface area contributed by atoms with Crippen molar-refractivity contribution >= 4 is 11.9 Å². The highest BCUT2D eigenvalue weighted by Crippen LogP contribution is 2.06. The zero-order valence-corrected chi connectivity index (χ0v) is 8.46. The Hall–Kier alpha value is -1.58. The van der Waals surface area contributed by atoms with Crippen LogP contribution in [-0.4, -0.2) is 25.2 Å². The predicted octanol–water partition coefficient (Wildman–Crippen LogP) is 1.22. The van der Waals surface area contributed by atoms with Crippen LogP contribution in [0, 0.1) is 0 Å². The third kappa shape index (κ3) is 5.99. The van der Waals surface area contributed by atoms with Gasteiger partial charge in [-0.3, -0.25) is 9.59 Å². The zero-order chi connectivity index (χ0) is 11.1. The van der Waals surface area contributed by atoms with Crippen molar-refractivity contribution in [3.8, 4) is 0 Å². The van der Waals surface area contributed by atoms with Crippen LogP contribution in [0.4, 0.5) is 0 Å². The second kappa shape index (κ2) is 5.96. The Morgan fingerprint density at radius 2 is 1.21 bits per heavy atom. The molecule has 0 amide bonds. The fourth-order valence-electron chi connectivity index (χ4n) is 0.582. The summed E-state index contributed by atoms with van der Waals surface area (Å²) in [7, 11) is 0. The van der Waals surface area contributed by atoms with Gasteiger partial charge in [-0.05, 0) is 11.1 Å². The molecule has 0 atom stereocenters. The van der Waals surface area contributed by atoms with Crippen LogP contribution in [0.15, 0.2) is 24.3 Å². The highest BCUT2D eigenvalue weighted by Gasteiger charge is 2.04. The van der Waals surface area contributed by atoms with Crippen molar-refractivity contribution in [2.75, 3.05) is 13.2 Å². The number of hydrogen-bond acceptors (Lipinski definition) is 4. The number of esters is 2. The first-order valence-corrected chi connectivity index (χ1v) is 4.06. The molecule has 0 spiro atoms. The highest BCUT2D eigenvalue weighted by molar-refractivity contribution is 5.67. The van der Waals surface area contributed by atoms with Crippen LogP contribution in [0.3, 0.4) is 0 Å². The molecule has 0 unspecified atom stereocenters. The lowest BCUT2D eigenvalue weighted by molar-refractivity contribution is -0.141. The summed E-state index contributed by atoms with van der Waals surface area (Å²) in [5, 5.41) is 0. The lowest BCUT2D eigenvalue weighted by atomic mass is 10.1. The third-order valence-corrected chi connectivity index (χ3v) is 1.40. The summed E-state index contributed by atoms with van der Waals surface area (Å²) in [6, 6.07) is 0. The van der Waals surface area contributed by atoms with Crippen LogP contribution in [0.5, 0.6) is 0 Å². The minimum absolute atomic E-state index is 0.0788. The number of rotatable bonds is 5. The number of carbonyl (C=O) groups is 2. The fourth-order valence-corrected chi connectivity index (χ4v) is 0.582. The first-order valence-electron chi connectivity index (χ1n) is 4.06. The molecule has 4 heteroatoms. The smallest absolute Gasteiger partial charge is 0.302 e. The average molecular weight is 198 g/mol. The first-order chi connectivity index (χ1) is 6.43. The second-order valence-electron chi connectivity index (χ2n) is 2.77. The molecular weight excluding hydrogens is 184 g/mol. The van der Waals surface area contributed by atoms with Crippen molar-refractivity contribution in [3.05, 3.63) is 24.3 Å². The Morgan fingerprint density at radius 1 is 0.929 bits per heavy atom. The van der Waals surface area contributed by atoms with Gasteiger partial charge in [0.15, 0.2) is 0 Å². The summed E-state index contributed by atoms with van der Waals surface area (Å²) in [5.41, 5.74) is 1.09. The molecule has 4 nitrogen and oxygen atoms in total. The zero-order valence-electron chi connectivity index (χ0n) is 8.46. The van der Waals surface area contributed by atoms with E-state index in [1.807, 2.05) is 0 Å². The van der Waals surface area contributed by atoms with Crippen molar-refractivity contribution in [3.63, 3.8) is 0 Å². The minimum Gasteiger partial charge on any atom is -0.461 e. The molecule has 0 rings (SSSR count). The molecule has 0 aliphatic carbocycles. The number of ether oxygens (including phenoxy) is 2. The van der Waals surface area contributed by atoms with E-state index < -0.39 is 0 Å². The molecule has 0 radical (unpaired) electrons. The second-order valence-corrected chi connectivity index (χ2v) is 2.77. The van der Waals surface area contributed by atoms with Crippen LogP contribution in [0.1, 0.15) is 13.8 Å². The summed E-state index contributed by atoms with van der Waals surface area (Å²) in [5.74, 6) is -0.766. The maximum Gasteiger partial charge on any atom is 0.302 e. The molecule has 0 fully saturated rings. The molecule has 78 valence electrons. The highest BCUT2D eigenvalue weighted by atomic mass is 16.5. The molecular formula is C10H14O4. The summed E-state index contributed by atoms with van der Waals surface area (Å²) < 4.78 is 9.38. The van der Waals surface area contributed by atoms with E-state index in [-0.39, 0.29) is 25.2 Å². The summed E-state index contributed by atoms with van der Waals surface area (Å²) in [6.45, 7) is 10.0. The standard InChI is InChI=1S/C10H14O4/c1-7(5-13-9(3)11)8(2)6-14-10(4)12/h1-2,5-6H2,3-4H3. The Kier molecular flexibility index (Phi) is 5.29. The monoisotopic (exact) mass is 198 g/mol. The lowest BCUT2D eigenvalue weighted by Gasteiger charge is -2.08. The van der Waals surface area contributed by atoms with Crippen LogP contribution < -0.4 is 0 Å². The van der Waals surface area contributed by atoms with Gasteiger partial charge in [0.05, 0.1) is 0 Å². The molecule has 0 saturated heterocycles. The number of carbonyl (C=O) groups excluding carboxylic acids is 2. The van der Waals surface area contributed by atoms with Gasteiger partial charge in [-0.15, -0.1) is 0 Å². The Bertz CT molecular complexity index is 237. The Balaban J connectivity index is 3.82. The predicted molar refractivity (Wildman–Crippen MR) is 51.5 cm³/mol. The van der Waals surface area contributed by atoms with Gasteiger partial charge in [0.25, 0.3) is 0 Å². The maximum absolute atomic E-state index is 10.5. The lowest BCUT2D eigenvalue weighted by Crippen LogP contribution is -2.09. The fraction of sp³-hybridized carbons (Fsp3) is 0.400. The van der Waals surface area contributed by atoms with Gasteiger partial charge in [-0.25, -0.2) is 0 Å². The topological polar surface area (TPSA) is 52.6 Å². The molecule has 0 aromatic carbocycles. The van der Waals surface area contributed by atoms with Gasteiger partial charge in [0, 0.05) is 13.8 Å². The van der Waals surface area contributed by atoms with E-state index in [1.165, 1.54) is 13.8 Å². The van der Waals surface area contributed by atoms with Crippen molar-refractivity contribution in [2.24, 2.45) is 0 Å². The molecule has 0 saturated carbocycles. The summed E-state index contributed by atoms with van der Waals surface area (Å²) >= 11 is 0. The molecule has 0 heterocycles. The third-order valence-electron chi connectivity index (χ3n) is 1.40. The van der Waals surface area contributed by atoms with Crippen LogP contribution in [0.25, 0.3) is 0 Å². The molecule has 0 aliphatic heterocycles. The van der Waals surface area contributed by atoms with Gasteiger partial charge in [-0.2, -0.15) is 0 Å². The van der Waals surface area contributed by atoms with Crippen LogP contribution in [0.2, 0.25) is 0 Å². The van der Waals surface area contributed by atoms with Gasteiger partial charge in [-0.1, -0.05) is 13.2 Å². The van der Waals surface area contributed by atoms with Gasteiger partial charge in [0.2, 0.25) is 0 Å². The van der Waals surface area contributed by atoms with Crippen molar-refractivity contribution in [1.29, 1.82) is 0 Å². The van der Waals surface area contributed by atoms with E-state index in [0.29, 0.717) is 11.1 Å². The molecule has 0 bridgehead atoms. The van der Waals surface area contributed by atoms with E-state index in [1.54, 1.807) is 0 Å². The van der Waals surface area contributed by atoms with Crippen molar-refractivity contribution in [2.45, 2.75) is 13.8 Å². The summed E-state index contributed by atoms with van der Waals surface area (Å²) in [4.78, 5) is 20.9. The molecule has 0 aromatic heterocycles. The van der Waals surface area contributed by atoms with Crippen molar-refractivity contribution < 1.29 is 19.1 Å². The normalized spacial score (nSPS) is 9.00. The van der Waals surface area contributed by atoms with E-state index in [0.717, 1.165) is 0 Å². The average Bonchev–Trinajstić information content (AvgIpc) is 2.09. The van der Waals surface area contributed by atoms with Gasteiger partial charge < -0.3 is 9.47 Å². The quantitative estimate of drug-likeness (QED) is 0.492. The molecule has 0 aliphatic rings. The van der Waals surface area contributed by atoms with Crippen molar-refractivity contribution in [1.82, 2.24) is 0 Å². The van der Waals surface area contributed by atoms with E-state index in [4.69, 9.17) is 9.47 Å². The van der Waals surface area contributed by atoms with Gasteiger partial charge >= 0.3 is 11.9 Å². The maximum atomic E-state index is 10.5. The Morgan fingerprint density at radius 3 is 1.43 bits per heavy atom. The van der Waals surface area contributed by atoms with E-state index >= 15 is 0 Å². The molecule has 0 N–H and O–H groups in total. The largest absolute Gasteiger partial charge is 0.461 e. The first kappa shape index (κ1) is 12.4. The van der Waals surface area contributed by atoms with E-state index in [9.17, 15) is 9.59 Å². The molecule has 0 aromatic rings. The van der Waals surface area contributed by atoms with Crippen LogP contribution >= 0.6 is 0 Å². The minimum atomic E-state index is -0.383. The Labute approximate surface area is 83.2 Å². The number of hydrogen-bond donors (Lipinski definition) is 0. The van der Waals surface area contributed by atoms with Gasteiger partial charge in [0.1, 0.15) is 13.2 Å². The van der Waals surface area contributed by atoms with Crippen LogP contribution in [-0.2, 0) is 19.1 Å². The SMILES string of the molecule is C=C(COC(C)=O)C(=C)COC(C)=O. The molecule has 14 heavy (non-hydrogen) atoms. The summed E-state index contributed by atoms with van der Waals surface area (Å²) in [6.07, 6.45) is 0. The van der Waals surface area contributed by atoms with E-state index in [2.05, 4.69) is 13.2 Å².